The molecule has 1 aromatic carbocycles. The number of carbonyl (C=O) groups excluding carboxylic acids is 1. The highest BCUT2D eigenvalue weighted by Gasteiger charge is 2.16. The maximum absolute atomic E-state index is 12.6. The second-order valence-corrected chi connectivity index (χ2v) is 7.70. The molecule has 3 aromatic heterocycles. The molecule has 0 unspecified atom stereocenters. The van der Waals surface area contributed by atoms with Crippen LogP contribution in [-0.4, -0.2) is 25.8 Å². The number of rotatable bonds is 4. The molecule has 0 radical (unpaired) electrons. The van der Waals surface area contributed by atoms with E-state index in [1.807, 2.05) is 50.4 Å². The summed E-state index contributed by atoms with van der Waals surface area (Å²) in [4.78, 5) is 38.6. The second kappa shape index (κ2) is 7.05. The molecule has 1 amide bonds. The first-order valence-electron chi connectivity index (χ1n) is 8.88. The number of carbonyl (C=O) groups is 1. The van der Waals surface area contributed by atoms with Crippen LogP contribution in [0, 0.1) is 6.92 Å². The fourth-order valence-corrected chi connectivity index (χ4v) is 3.81. The molecular formula is C20H19N5O2S. The van der Waals surface area contributed by atoms with Crippen LogP contribution < -0.4 is 11.0 Å². The molecule has 4 aromatic rings. The molecule has 3 N–H and O–H groups in total. The quantitative estimate of drug-likeness (QED) is 0.486. The third kappa shape index (κ3) is 3.34. The van der Waals surface area contributed by atoms with Crippen molar-refractivity contribution in [1.82, 2.24) is 19.9 Å². The number of aromatic nitrogens is 4. The SMILES string of the molecule is Cc1[nH]c2ccccc2c1-c1csc(NC(=O)c2cc(C(C)C)[nH]c(=O)n2)n1. The van der Waals surface area contributed by atoms with Crippen molar-refractivity contribution in [2.24, 2.45) is 0 Å². The number of hydrogen-bond acceptors (Lipinski definition) is 5. The molecule has 0 aliphatic rings. The Morgan fingerprint density at radius 2 is 1.96 bits per heavy atom. The zero-order valence-electron chi connectivity index (χ0n) is 15.7. The third-order valence-electron chi connectivity index (χ3n) is 4.49. The molecule has 7 nitrogen and oxygen atoms in total. The lowest BCUT2D eigenvalue weighted by atomic mass is 10.1. The molecule has 0 atom stereocenters. The highest BCUT2D eigenvalue weighted by Crippen LogP contribution is 2.33. The zero-order chi connectivity index (χ0) is 19.8. The summed E-state index contributed by atoms with van der Waals surface area (Å²) in [6.45, 7) is 5.87. The first-order chi connectivity index (χ1) is 13.4. The molecule has 0 saturated carbocycles. The van der Waals surface area contributed by atoms with Gasteiger partial charge >= 0.3 is 5.69 Å². The monoisotopic (exact) mass is 393 g/mol. The third-order valence-corrected chi connectivity index (χ3v) is 5.25. The average molecular weight is 393 g/mol. The van der Waals surface area contributed by atoms with Gasteiger partial charge in [-0.25, -0.2) is 9.78 Å². The minimum Gasteiger partial charge on any atom is -0.358 e. The number of aryl methyl sites for hydroxylation is 1. The van der Waals surface area contributed by atoms with E-state index in [1.54, 1.807) is 6.07 Å². The zero-order valence-corrected chi connectivity index (χ0v) is 16.5. The van der Waals surface area contributed by atoms with E-state index < -0.39 is 11.6 Å². The molecule has 8 heteroatoms. The van der Waals surface area contributed by atoms with Crippen molar-refractivity contribution >= 4 is 33.3 Å². The van der Waals surface area contributed by atoms with Crippen LogP contribution in [0.5, 0.6) is 0 Å². The van der Waals surface area contributed by atoms with Crippen LogP contribution in [0.25, 0.3) is 22.2 Å². The Kier molecular flexibility index (Phi) is 4.56. The van der Waals surface area contributed by atoms with E-state index in [0.29, 0.717) is 10.8 Å². The lowest BCUT2D eigenvalue weighted by Crippen LogP contribution is -2.22. The van der Waals surface area contributed by atoms with Crippen molar-refractivity contribution in [3.8, 4) is 11.3 Å². The van der Waals surface area contributed by atoms with E-state index in [9.17, 15) is 9.59 Å². The summed E-state index contributed by atoms with van der Waals surface area (Å²) in [6.07, 6.45) is 0. The lowest BCUT2D eigenvalue weighted by molar-refractivity contribution is 0.102. The number of aromatic amines is 2. The smallest absolute Gasteiger partial charge is 0.345 e. The van der Waals surface area contributed by atoms with E-state index in [1.165, 1.54) is 11.3 Å². The van der Waals surface area contributed by atoms with E-state index in [2.05, 4.69) is 25.3 Å². The molecule has 28 heavy (non-hydrogen) atoms. The van der Waals surface area contributed by atoms with Gasteiger partial charge in [0.2, 0.25) is 0 Å². The van der Waals surface area contributed by atoms with Gasteiger partial charge in [0.05, 0.1) is 5.69 Å². The molecule has 3 heterocycles. The lowest BCUT2D eigenvalue weighted by Gasteiger charge is -2.06. The van der Waals surface area contributed by atoms with E-state index in [-0.39, 0.29) is 11.6 Å². The maximum Gasteiger partial charge on any atom is 0.345 e. The van der Waals surface area contributed by atoms with Crippen LogP contribution in [0.2, 0.25) is 0 Å². The topological polar surface area (TPSA) is 104 Å². The van der Waals surface area contributed by atoms with E-state index >= 15 is 0 Å². The largest absolute Gasteiger partial charge is 0.358 e. The summed E-state index contributed by atoms with van der Waals surface area (Å²) in [5, 5.41) is 6.19. The number of benzene rings is 1. The van der Waals surface area contributed by atoms with Crippen molar-refractivity contribution in [1.29, 1.82) is 0 Å². The molecule has 0 fully saturated rings. The van der Waals surface area contributed by atoms with E-state index in [4.69, 9.17) is 0 Å². The highest BCUT2D eigenvalue weighted by molar-refractivity contribution is 7.14. The van der Waals surface area contributed by atoms with Crippen LogP contribution in [0.1, 0.15) is 41.6 Å². The highest BCUT2D eigenvalue weighted by atomic mass is 32.1. The first-order valence-corrected chi connectivity index (χ1v) is 9.76. The van der Waals surface area contributed by atoms with Crippen LogP contribution in [-0.2, 0) is 0 Å². The Hall–Kier alpha value is -3.26. The molecule has 0 saturated heterocycles. The molecule has 0 aliphatic carbocycles. The second-order valence-electron chi connectivity index (χ2n) is 6.84. The van der Waals surface area contributed by atoms with Gasteiger partial charge in [0.25, 0.3) is 5.91 Å². The summed E-state index contributed by atoms with van der Waals surface area (Å²) >= 11 is 1.33. The number of nitrogens with one attached hydrogen (secondary N) is 3. The van der Waals surface area contributed by atoms with Crippen molar-refractivity contribution < 1.29 is 4.79 Å². The predicted molar refractivity (Wildman–Crippen MR) is 111 cm³/mol. The molecule has 142 valence electrons. The first kappa shape index (κ1) is 18.1. The molecule has 4 rings (SSSR count). The molecule has 0 spiro atoms. The summed E-state index contributed by atoms with van der Waals surface area (Å²) in [6, 6.07) is 9.62. The fourth-order valence-electron chi connectivity index (χ4n) is 3.12. The minimum atomic E-state index is -0.536. The molecular weight excluding hydrogens is 374 g/mol. The number of thiazole rings is 1. The number of para-hydroxylation sites is 1. The number of fused-ring (bicyclic) bond motifs is 1. The Morgan fingerprint density at radius 3 is 2.75 bits per heavy atom. The summed E-state index contributed by atoms with van der Waals surface area (Å²) in [5.74, 6) is -0.372. The van der Waals surface area contributed by atoms with Crippen LogP contribution >= 0.6 is 11.3 Å². The fraction of sp³-hybridized carbons (Fsp3) is 0.200. The van der Waals surface area contributed by atoms with Crippen molar-refractivity contribution in [2.75, 3.05) is 5.32 Å². The van der Waals surface area contributed by atoms with Crippen molar-refractivity contribution in [3.63, 3.8) is 0 Å². The number of H-pyrrole nitrogens is 2. The standard InChI is InChI=1S/C20H19N5O2S/c1-10(2)14-8-15(23-19(27)22-14)18(26)25-20-24-16(9-28-20)17-11(3)21-13-7-5-4-6-12(13)17/h4-10,21H,1-3H3,(H,22,23,27)(H,24,25,26). The van der Waals surface area contributed by atoms with E-state index in [0.717, 1.165) is 27.9 Å². The van der Waals surface area contributed by atoms with Crippen molar-refractivity contribution in [3.05, 3.63) is 63.3 Å². The number of anilines is 1. The van der Waals surface area contributed by atoms with Gasteiger partial charge in [0, 0.05) is 33.2 Å². The minimum absolute atomic E-state index is 0.0764. The van der Waals surface area contributed by atoms with Crippen LogP contribution in [0.3, 0.4) is 0 Å². The van der Waals surface area contributed by atoms with Gasteiger partial charge in [0.15, 0.2) is 5.13 Å². The Bertz CT molecular complexity index is 1230. The summed E-state index contributed by atoms with van der Waals surface area (Å²) in [7, 11) is 0. The maximum atomic E-state index is 12.6. The van der Waals surface area contributed by atoms with Gasteiger partial charge < -0.3 is 9.97 Å². The van der Waals surface area contributed by atoms with Gasteiger partial charge in [-0.05, 0) is 25.0 Å². The number of hydrogen-bond donors (Lipinski definition) is 3. The van der Waals surface area contributed by atoms with Gasteiger partial charge in [-0.3, -0.25) is 10.1 Å². The molecule has 0 aliphatic heterocycles. The van der Waals surface area contributed by atoms with Crippen molar-refractivity contribution in [2.45, 2.75) is 26.7 Å². The molecule has 0 bridgehead atoms. The van der Waals surface area contributed by atoms with Gasteiger partial charge in [-0.1, -0.05) is 32.0 Å². The Morgan fingerprint density at radius 1 is 1.18 bits per heavy atom. The van der Waals surface area contributed by atoms with Gasteiger partial charge in [-0.15, -0.1) is 11.3 Å². The summed E-state index contributed by atoms with van der Waals surface area (Å²) in [5.41, 5.74) is 4.07. The Labute approximate surface area is 164 Å². The Balaban J connectivity index is 1.63. The van der Waals surface area contributed by atoms with Gasteiger partial charge in [0.1, 0.15) is 5.69 Å². The number of nitrogens with zero attached hydrogens (tertiary/aromatic N) is 2. The van der Waals surface area contributed by atoms with Crippen LogP contribution in [0.4, 0.5) is 5.13 Å². The predicted octanol–water partition coefficient (Wildman–Crippen LogP) is 4.06. The summed E-state index contributed by atoms with van der Waals surface area (Å²) < 4.78 is 0. The van der Waals surface area contributed by atoms with Gasteiger partial charge in [-0.2, -0.15) is 4.98 Å². The normalized spacial score (nSPS) is 11.3. The number of amides is 1. The average Bonchev–Trinajstić information content (AvgIpc) is 3.23. The van der Waals surface area contributed by atoms with Crippen LogP contribution in [0.15, 0.2) is 40.5 Å².